The monoisotopic (exact) mass is 314 g/mol. The number of amides is 4. The molecule has 22 heavy (non-hydrogen) atoms. The van der Waals surface area contributed by atoms with Crippen LogP contribution in [-0.2, 0) is 14.3 Å². The molecule has 1 rings (SSSR count). The first-order chi connectivity index (χ1) is 10.4. The number of nitrogens with one attached hydrogen (secondary N) is 2. The number of hydrogen-bond donors (Lipinski definition) is 2. The molecule has 8 nitrogen and oxygen atoms in total. The molecular weight excluding hydrogens is 288 g/mol. The Balaban J connectivity index is 2.28. The van der Waals surface area contributed by atoms with Gasteiger partial charge in [-0.2, -0.15) is 0 Å². The third-order valence-corrected chi connectivity index (χ3v) is 3.43. The second kappa shape index (κ2) is 9.37. The van der Waals surface area contributed by atoms with Gasteiger partial charge < -0.3 is 15.0 Å². The van der Waals surface area contributed by atoms with Crippen molar-refractivity contribution < 1.29 is 19.1 Å². The fraction of sp³-hybridized carbons (Fsp3) is 0.786. The number of morpholine rings is 1. The molecule has 4 amide bonds. The Morgan fingerprint density at radius 1 is 1.23 bits per heavy atom. The molecule has 126 valence electrons. The largest absolute Gasteiger partial charge is 0.378 e. The van der Waals surface area contributed by atoms with Gasteiger partial charge in [0, 0.05) is 19.1 Å². The van der Waals surface area contributed by atoms with E-state index in [0.29, 0.717) is 26.3 Å². The van der Waals surface area contributed by atoms with Gasteiger partial charge in [0.1, 0.15) is 0 Å². The maximum absolute atomic E-state index is 12.0. The Hall–Kier alpha value is -1.67. The average molecular weight is 314 g/mol. The summed E-state index contributed by atoms with van der Waals surface area (Å²) >= 11 is 0. The molecule has 1 aliphatic heterocycles. The van der Waals surface area contributed by atoms with E-state index >= 15 is 0 Å². The molecule has 0 aromatic rings. The fourth-order valence-corrected chi connectivity index (χ4v) is 1.97. The number of carbonyl (C=O) groups is 3. The van der Waals surface area contributed by atoms with E-state index < -0.39 is 11.9 Å². The number of rotatable bonds is 6. The second-order valence-corrected chi connectivity index (χ2v) is 5.50. The lowest BCUT2D eigenvalue weighted by atomic mass is 10.3. The van der Waals surface area contributed by atoms with Crippen LogP contribution in [0, 0.1) is 0 Å². The number of urea groups is 1. The first-order valence-corrected chi connectivity index (χ1v) is 7.56. The molecule has 0 saturated carbocycles. The summed E-state index contributed by atoms with van der Waals surface area (Å²) in [6.07, 6.45) is 0.787. The molecule has 0 radical (unpaired) electrons. The summed E-state index contributed by atoms with van der Waals surface area (Å²) in [5.74, 6) is -0.472. The van der Waals surface area contributed by atoms with Crippen LogP contribution in [0.4, 0.5) is 4.79 Å². The number of carbonyl (C=O) groups excluding carboxylic acids is 3. The summed E-state index contributed by atoms with van der Waals surface area (Å²) in [6.45, 7) is 6.18. The summed E-state index contributed by atoms with van der Waals surface area (Å²) in [7, 11) is 1.67. The van der Waals surface area contributed by atoms with E-state index in [9.17, 15) is 14.4 Å². The lowest BCUT2D eigenvalue weighted by Gasteiger charge is -2.28. The highest BCUT2D eigenvalue weighted by Gasteiger charge is 2.19. The highest BCUT2D eigenvalue weighted by atomic mass is 16.5. The molecule has 0 bridgehead atoms. The molecule has 2 N–H and O–H groups in total. The zero-order valence-electron chi connectivity index (χ0n) is 13.6. The predicted molar refractivity (Wildman–Crippen MR) is 81.3 cm³/mol. The number of nitrogens with zero attached hydrogens (tertiary/aromatic N) is 2. The van der Waals surface area contributed by atoms with E-state index in [0.717, 1.165) is 6.42 Å². The molecule has 0 aromatic carbocycles. The van der Waals surface area contributed by atoms with Crippen LogP contribution in [0.5, 0.6) is 0 Å². The van der Waals surface area contributed by atoms with Gasteiger partial charge in [-0.05, 0) is 20.4 Å². The van der Waals surface area contributed by atoms with E-state index in [2.05, 4.69) is 10.6 Å². The maximum Gasteiger partial charge on any atom is 0.321 e. The highest BCUT2D eigenvalue weighted by Crippen LogP contribution is 1.98. The van der Waals surface area contributed by atoms with Crippen molar-refractivity contribution in [3.8, 4) is 0 Å². The molecule has 1 saturated heterocycles. The third-order valence-electron chi connectivity index (χ3n) is 3.43. The van der Waals surface area contributed by atoms with Gasteiger partial charge in [-0.15, -0.1) is 0 Å². The Morgan fingerprint density at radius 2 is 1.86 bits per heavy atom. The SMILES string of the molecule is CC[C@@H](C)NC(=O)NC(=O)CN(C)CC(=O)N1CCOCC1. The van der Waals surface area contributed by atoms with Crippen LogP contribution in [0.2, 0.25) is 0 Å². The Kier molecular flexibility index (Phi) is 7.83. The van der Waals surface area contributed by atoms with Gasteiger partial charge in [0.15, 0.2) is 0 Å². The molecule has 0 unspecified atom stereocenters. The summed E-state index contributed by atoms with van der Waals surface area (Å²) in [5.41, 5.74) is 0. The van der Waals surface area contributed by atoms with Crippen molar-refractivity contribution in [2.75, 3.05) is 46.4 Å². The fourth-order valence-electron chi connectivity index (χ4n) is 1.97. The molecule has 1 atom stereocenters. The van der Waals surface area contributed by atoms with Gasteiger partial charge in [0.25, 0.3) is 0 Å². The minimum Gasteiger partial charge on any atom is -0.378 e. The van der Waals surface area contributed by atoms with Gasteiger partial charge in [0.2, 0.25) is 11.8 Å². The third kappa shape index (κ3) is 6.86. The van der Waals surface area contributed by atoms with Crippen LogP contribution in [0.25, 0.3) is 0 Å². The molecular formula is C14H26N4O4. The van der Waals surface area contributed by atoms with E-state index in [1.807, 2.05) is 13.8 Å². The van der Waals surface area contributed by atoms with E-state index in [-0.39, 0.29) is 25.0 Å². The Labute approximate surface area is 131 Å². The number of ether oxygens (including phenoxy) is 1. The van der Waals surface area contributed by atoms with E-state index in [1.54, 1.807) is 16.8 Å². The smallest absolute Gasteiger partial charge is 0.321 e. The predicted octanol–water partition coefficient (Wildman–Crippen LogP) is -0.599. The van der Waals surface area contributed by atoms with Gasteiger partial charge >= 0.3 is 6.03 Å². The number of imide groups is 1. The summed E-state index contributed by atoms with van der Waals surface area (Å²) in [5, 5.41) is 4.90. The maximum atomic E-state index is 12.0. The zero-order chi connectivity index (χ0) is 16.5. The lowest BCUT2D eigenvalue weighted by molar-refractivity contribution is -0.136. The number of likely N-dealkylation sites (N-methyl/N-ethyl adjacent to an activating group) is 1. The van der Waals surface area contributed by atoms with Crippen LogP contribution in [-0.4, -0.2) is 80.1 Å². The van der Waals surface area contributed by atoms with Gasteiger partial charge in [0.05, 0.1) is 26.3 Å². The summed E-state index contributed by atoms with van der Waals surface area (Å²) < 4.78 is 5.19. The highest BCUT2D eigenvalue weighted by molar-refractivity contribution is 5.95. The zero-order valence-corrected chi connectivity index (χ0v) is 13.6. The van der Waals surface area contributed by atoms with Crippen LogP contribution in [0.3, 0.4) is 0 Å². The van der Waals surface area contributed by atoms with Crippen molar-refractivity contribution in [1.29, 1.82) is 0 Å². The topological polar surface area (TPSA) is 91.0 Å². The molecule has 1 aliphatic rings. The normalized spacial score (nSPS) is 16.3. The quantitative estimate of drug-likeness (QED) is 0.683. The first kappa shape index (κ1) is 18.4. The number of hydrogen-bond acceptors (Lipinski definition) is 5. The summed E-state index contributed by atoms with van der Waals surface area (Å²) in [6, 6.07) is -0.499. The van der Waals surface area contributed by atoms with Crippen LogP contribution in [0.1, 0.15) is 20.3 Å². The average Bonchev–Trinajstić information content (AvgIpc) is 2.47. The minimum atomic E-state index is -0.507. The molecule has 0 aliphatic carbocycles. The second-order valence-electron chi connectivity index (χ2n) is 5.50. The van der Waals surface area contributed by atoms with Crippen molar-refractivity contribution in [3.63, 3.8) is 0 Å². The van der Waals surface area contributed by atoms with Crippen LogP contribution >= 0.6 is 0 Å². The van der Waals surface area contributed by atoms with Crippen molar-refractivity contribution in [2.24, 2.45) is 0 Å². The van der Waals surface area contributed by atoms with E-state index in [4.69, 9.17) is 4.74 Å². The Morgan fingerprint density at radius 3 is 2.45 bits per heavy atom. The molecule has 0 aromatic heterocycles. The van der Waals surface area contributed by atoms with Gasteiger partial charge in [-0.1, -0.05) is 6.92 Å². The minimum absolute atomic E-state index is 0.00780. The molecule has 8 heteroatoms. The van der Waals surface area contributed by atoms with Crippen molar-refractivity contribution >= 4 is 17.8 Å². The Bertz CT molecular complexity index is 396. The van der Waals surface area contributed by atoms with Gasteiger partial charge in [-0.25, -0.2) is 4.79 Å². The van der Waals surface area contributed by atoms with Crippen LogP contribution in [0.15, 0.2) is 0 Å². The standard InChI is InChI=1S/C14H26N4O4/c1-4-11(2)15-14(21)16-12(19)9-17(3)10-13(20)18-5-7-22-8-6-18/h11H,4-10H2,1-3H3,(H2,15,16,19,21)/t11-/m1/s1. The molecule has 0 spiro atoms. The summed E-state index contributed by atoms with van der Waals surface area (Å²) in [4.78, 5) is 38.6. The molecule has 1 fully saturated rings. The first-order valence-electron chi connectivity index (χ1n) is 7.56. The van der Waals surface area contributed by atoms with Crippen molar-refractivity contribution in [2.45, 2.75) is 26.3 Å². The lowest BCUT2D eigenvalue weighted by Crippen LogP contribution is -2.49. The van der Waals surface area contributed by atoms with Crippen molar-refractivity contribution in [3.05, 3.63) is 0 Å². The van der Waals surface area contributed by atoms with Crippen LogP contribution < -0.4 is 10.6 Å². The van der Waals surface area contributed by atoms with Crippen molar-refractivity contribution in [1.82, 2.24) is 20.4 Å². The molecule has 1 heterocycles. The van der Waals surface area contributed by atoms with E-state index in [1.165, 1.54) is 0 Å². The van der Waals surface area contributed by atoms with Gasteiger partial charge in [-0.3, -0.25) is 19.8 Å².